The number of halogens is 1. The summed E-state index contributed by atoms with van der Waals surface area (Å²) < 4.78 is 10.9. The lowest BCUT2D eigenvalue weighted by molar-refractivity contribution is -0.174. The molecule has 0 aromatic heterocycles. The Bertz CT molecular complexity index is 763. The van der Waals surface area contributed by atoms with Gasteiger partial charge in [0.1, 0.15) is 17.5 Å². The van der Waals surface area contributed by atoms with Gasteiger partial charge in [-0.3, -0.25) is 9.59 Å². The van der Waals surface area contributed by atoms with E-state index in [0.29, 0.717) is 17.8 Å². The lowest BCUT2D eigenvalue weighted by Gasteiger charge is -2.42. The van der Waals surface area contributed by atoms with E-state index in [0.717, 1.165) is 0 Å². The third kappa shape index (κ3) is 4.74. The molecular weight excluding hydrogens is 400 g/mol. The van der Waals surface area contributed by atoms with Crippen molar-refractivity contribution in [3.05, 3.63) is 34.6 Å². The molecule has 0 radical (unpaired) electrons. The van der Waals surface area contributed by atoms with E-state index in [1.807, 2.05) is 13.8 Å². The van der Waals surface area contributed by atoms with Crippen molar-refractivity contribution >= 4 is 23.4 Å². The van der Waals surface area contributed by atoms with Crippen LogP contribution in [0, 0.1) is 11.8 Å². The van der Waals surface area contributed by atoms with Crippen LogP contribution >= 0.6 is 11.6 Å². The molecule has 0 spiro atoms. The van der Waals surface area contributed by atoms with Gasteiger partial charge in [0.05, 0.1) is 23.7 Å². The summed E-state index contributed by atoms with van der Waals surface area (Å²) in [4.78, 5) is 24.0. The molecule has 6 atom stereocenters. The maximum Gasteiger partial charge on any atom is 0.303 e. The fourth-order valence-corrected chi connectivity index (χ4v) is 3.94. The summed E-state index contributed by atoms with van der Waals surface area (Å²) in [6.45, 7) is 7.72. The monoisotopic (exact) mass is 428 g/mol. The van der Waals surface area contributed by atoms with Crippen molar-refractivity contribution < 1.29 is 34.4 Å². The van der Waals surface area contributed by atoms with E-state index in [2.05, 4.69) is 0 Å². The van der Waals surface area contributed by atoms with Crippen molar-refractivity contribution in [2.24, 2.45) is 11.8 Å². The molecule has 0 bridgehead atoms. The summed E-state index contributed by atoms with van der Waals surface area (Å²) in [7, 11) is 0. The van der Waals surface area contributed by atoms with Crippen LogP contribution in [0.5, 0.6) is 0 Å². The number of rotatable bonds is 6. The van der Waals surface area contributed by atoms with Crippen molar-refractivity contribution in [3.63, 3.8) is 0 Å². The fourth-order valence-electron chi connectivity index (χ4n) is 3.55. The molecule has 1 aliphatic heterocycles. The normalized spacial score (nSPS) is 31.5. The molecule has 2 rings (SSSR count). The molecule has 2 aliphatic rings. The molecule has 0 unspecified atom stereocenters. The van der Waals surface area contributed by atoms with E-state index in [-0.39, 0.29) is 17.6 Å². The summed E-state index contributed by atoms with van der Waals surface area (Å²) in [5.74, 6) is -1.79. The first-order valence-corrected chi connectivity index (χ1v) is 9.98. The third-order valence-corrected chi connectivity index (χ3v) is 6.01. The Kier molecular flexibility index (Phi) is 7.00. The van der Waals surface area contributed by atoms with Gasteiger partial charge in [-0.15, -0.1) is 0 Å². The highest BCUT2D eigenvalue weighted by Gasteiger charge is 2.53. The van der Waals surface area contributed by atoms with E-state index in [9.17, 15) is 24.9 Å². The molecule has 0 aromatic rings. The lowest BCUT2D eigenvalue weighted by atomic mass is 9.74. The second-order valence-electron chi connectivity index (χ2n) is 8.13. The van der Waals surface area contributed by atoms with Crippen LogP contribution in [-0.4, -0.2) is 57.1 Å². The van der Waals surface area contributed by atoms with Gasteiger partial charge in [0, 0.05) is 6.92 Å². The molecule has 0 amide bonds. The number of Topliss-reactive ketones (excluding diaryl/α,β-unsaturated/α-hetero) is 1. The second kappa shape index (κ2) is 8.60. The SMILES string of the molecule is CC[C@H](C)[C@@H](O)[C@@](C)(O)/C=C/C1=CC2=C(Cl)C(=O)[C@](C)(O)[C@H](OC(C)=O)[C@H]2CO1. The Labute approximate surface area is 175 Å². The molecule has 0 fully saturated rings. The number of ether oxygens (including phenoxy) is 2. The van der Waals surface area contributed by atoms with Crippen LogP contribution in [0.25, 0.3) is 0 Å². The Hall–Kier alpha value is -1.67. The van der Waals surface area contributed by atoms with Crippen LogP contribution in [-0.2, 0) is 19.1 Å². The minimum atomic E-state index is -1.97. The van der Waals surface area contributed by atoms with E-state index in [4.69, 9.17) is 21.1 Å². The van der Waals surface area contributed by atoms with Crippen LogP contribution in [0.2, 0.25) is 0 Å². The van der Waals surface area contributed by atoms with E-state index in [1.54, 1.807) is 0 Å². The average molecular weight is 429 g/mol. The number of aliphatic hydroxyl groups excluding tert-OH is 1. The van der Waals surface area contributed by atoms with Crippen LogP contribution in [0.15, 0.2) is 34.6 Å². The second-order valence-corrected chi connectivity index (χ2v) is 8.51. The predicted octanol–water partition coefficient (Wildman–Crippen LogP) is 1.99. The van der Waals surface area contributed by atoms with Gasteiger partial charge < -0.3 is 24.8 Å². The Balaban J connectivity index is 2.35. The van der Waals surface area contributed by atoms with Gasteiger partial charge in [0.2, 0.25) is 5.78 Å². The fraction of sp³-hybridized carbons (Fsp3) is 0.619. The van der Waals surface area contributed by atoms with Gasteiger partial charge in [-0.05, 0) is 43.6 Å². The number of allylic oxidation sites excluding steroid dienone is 2. The van der Waals surface area contributed by atoms with E-state index in [1.165, 1.54) is 39.0 Å². The van der Waals surface area contributed by atoms with Crippen LogP contribution in [0.1, 0.15) is 41.0 Å². The van der Waals surface area contributed by atoms with Gasteiger partial charge in [-0.25, -0.2) is 0 Å². The van der Waals surface area contributed by atoms with Gasteiger partial charge in [-0.1, -0.05) is 31.9 Å². The van der Waals surface area contributed by atoms with Crippen LogP contribution in [0.4, 0.5) is 0 Å². The zero-order valence-electron chi connectivity index (χ0n) is 17.3. The lowest BCUT2D eigenvalue weighted by Crippen LogP contribution is -2.57. The molecule has 0 saturated heterocycles. The summed E-state index contributed by atoms with van der Waals surface area (Å²) in [6.07, 6.45) is 3.03. The van der Waals surface area contributed by atoms with Crippen molar-refractivity contribution in [2.45, 2.75) is 64.4 Å². The number of carbonyl (C=O) groups is 2. The molecule has 3 N–H and O–H groups in total. The van der Waals surface area contributed by atoms with Crippen molar-refractivity contribution in [1.82, 2.24) is 0 Å². The Morgan fingerprint density at radius 2 is 2.17 bits per heavy atom. The highest BCUT2D eigenvalue weighted by molar-refractivity contribution is 6.44. The topological polar surface area (TPSA) is 113 Å². The molecule has 0 aromatic carbocycles. The van der Waals surface area contributed by atoms with E-state index < -0.39 is 41.1 Å². The molecule has 1 aliphatic carbocycles. The van der Waals surface area contributed by atoms with Crippen molar-refractivity contribution in [2.75, 3.05) is 6.61 Å². The number of carbonyl (C=O) groups excluding carboxylic acids is 2. The molecule has 162 valence electrons. The summed E-state index contributed by atoms with van der Waals surface area (Å²) in [5, 5.41) is 31.3. The highest BCUT2D eigenvalue weighted by atomic mass is 35.5. The zero-order chi connectivity index (χ0) is 22.1. The van der Waals surface area contributed by atoms with Gasteiger partial charge in [-0.2, -0.15) is 0 Å². The Morgan fingerprint density at radius 1 is 1.55 bits per heavy atom. The summed E-state index contributed by atoms with van der Waals surface area (Å²) in [5.41, 5.74) is -3.06. The maximum absolute atomic E-state index is 12.5. The van der Waals surface area contributed by atoms with Crippen molar-refractivity contribution in [3.8, 4) is 0 Å². The smallest absolute Gasteiger partial charge is 0.303 e. The van der Waals surface area contributed by atoms with Gasteiger partial charge in [0.25, 0.3) is 0 Å². The number of ketones is 1. The van der Waals surface area contributed by atoms with Gasteiger partial charge in [0.15, 0.2) is 5.60 Å². The number of aliphatic hydroxyl groups is 3. The number of hydrogen-bond donors (Lipinski definition) is 3. The first-order valence-electron chi connectivity index (χ1n) is 9.61. The molecule has 7 nitrogen and oxygen atoms in total. The first-order chi connectivity index (χ1) is 13.3. The third-order valence-electron chi connectivity index (χ3n) is 5.62. The Morgan fingerprint density at radius 3 is 2.72 bits per heavy atom. The average Bonchev–Trinajstić information content (AvgIpc) is 2.66. The molecule has 1 heterocycles. The highest BCUT2D eigenvalue weighted by Crippen LogP contribution is 2.41. The zero-order valence-corrected chi connectivity index (χ0v) is 18.1. The molecular formula is C21H29ClO7. The largest absolute Gasteiger partial charge is 0.493 e. The van der Waals surface area contributed by atoms with E-state index >= 15 is 0 Å². The predicted molar refractivity (Wildman–Crippen MR) is 107 cm³/mol. The number of hydrogen-bond acceptors (Lipinski definition) is 7. The number of fused-ring (bicyclic) bond motifs is 1. The van der Waals surface area contributed by atoms with Crippen LogP contribution in [0.3, 0.4) is 0 Å². The van der Waals surface area contributed by atoms with Crippen molar-refractivity contribution in [1.29, 1.82) is 0 Å². The minimum Gasteiger partial charge on any atom is -0.493 e. The molecule has 29 heavy (non-hydrogen) atoms. The first kappa shape index (κ1) is 23.6. The van der Waals surface area contributed by atoms with Gasteiger partial charge >= 0.3 is 5.97 Å². The number of esters is 1. The molecule has 8 heteroatoms. The van der Waals surface area contributed by atoms with Crippen LogP contribution < -0.4 is 0 Å². The summed E-state index contributed by atoms with van der Waals surface area (Å²) in [6, 6.07) is 0. The molecule has 0 saturated carbocycles. The standard InChI is InChI=1S/C21H29ClO7/c1-6-11(2)17(24)20(4,26)8-7-13-9-14-15(10-28-13)19(29-12(3)23)21(5,27)18(25)16(14)22/h7-9,11,15,17,19,24,26-27H,6,10H2,1-5H3/b8-7+/t11-,15-,17+,19+,20-,21-/m0/s1. The quantitative estimate of drug-likeness (QED) is 0.554. The maximum atomic E-state index is 12.5. The minimum absolute atomic E-state index is 0.0131. The summed E-state index contributed by atoms with van der Waals surface area (Å²) >= 11 is 6.21.